The first-order valence-electron chi connectivity index (χ1n) is 10.2. The Hall–Kier alpha value is -2.38. The van der Waals surface area contributed by atoms with Crippen LogP contribution in [0.5, 0.6) is 0 Å². The van der Waals surface area contributed by atoms with Crippen molar-refractivity contribution in [2.45, 2.75) is 58.4 Å². The fourth-order valence-electron chi connectivity index (χ4n) is 4.34. The smallest absolute Gasteiger partial charge is 0.317 e. The third-order valence-corrected chi connectivity index (χ3v) is 5.86. The van der Waals surface area contributed by atoms with E-state index in [1.54, 1.807) is 6.33 Å². The topological polar surface area (TPSA) is 78.7 Å². The fraction of sp³-hybridized carbons (Fsp3) is 0.684. The SMILES string of the molecule is CCc1c(C)nc2ncnn2c1N1CCN(C(=O)NC2CCCCC2)CC1. The number of urea groups is 1. The highest BCUT2D eigenvalue weighted by atomic mass is 16.2. The van der Waals surface area contributed by atoms with Gasteiger partial charge in [-0.05, 0) is 26.2 Å². The maximum Gasteiger partial charge on any atom is 0.317 e. The molecule has 0 aromatic carbocycles. The van der Waals surface area contributed by atoms with Crippen molar-refractivity contribution in [3.8, 4) is 0 Å². The van der Waals surface area contributed by atoms with Gasteiger partial charge in [-0.25, -0.2) is 9.78 Å². The number of aryl methyl sites for hydroxylation is 1. The molecule has 0 radical (unpaired) electrons. The molecule has 4 rings (SSSR count). The van der Waals surface area contributed by atoms with Gasteiger partial charge in [0.15, 0.2) is 0 Å². The summed E-state index contributed by atoms with van der Waals surface area (Å²) in [4.78, 5) is 25.7. The summed E-state index contributed by atoms with van der Waals surface area (Å²) >= 11 is 0. The fourth-order valence-corrected chi connectivity index (χ4v) is 4.34. The summed E-state index contributed by atoms with van der Waals surface area (Å²) in [6.45, 7) is 7.21. The minimum Gasteiger partial charge on any atom is -0.353 e. The van der Waals surface area contributed by atoms with Crippen molar-refractivity contribution in [2.75, 3.05) is 31.1 Å². The Morgan fingerprint density at radius 1 is 1.19 bits per heavy atom. The van der Waals surface area contributed by atoms with Gasteiger partial charge in [0.1, 0.15) is 12.1 Å². The minimum absolute atomic E-state index is 0.0917. The van der Waals surface area contributed by atoms with Crippen LogP contribution in [-0.4, -0.2) is 62.7 Å². The van der Waals surface area contributed by atoms with Crippen molar-refractivity contribution in [1.29, 1.82) is 0 Å². The zero-order valence-electron chi connectivity index (χ0n) is 16.3. The van der Waals surface area contributed by atoms with E-state index in [-0.39, 0.29) is 6.03 Å². The monoisotopic (exact) mass is 371 g/mol. The lowest BCUT2D eigenvalue weighted by Crippen LogP contribution is -2.54. The van der Waals surface area contributed by atoms with Crippen LogP contribution in [0.1, 0.15) is 50.3 Å². The van der Waals surface area contributed by atoms with Crippen molar-refractivity contribution in [1.82, 2.24) is 29.8 Å². The second kappa shape index (κ2) is 7.70. The molecule has 146 valence electrons. The number of hydrogen-bond donors (Lipinski definition) is 1. The van der Waals surface area contributed by atoms with Gasteiger partial charge in [0.25, 0.3) is 5.78 Å². The first-order valence-corrected chi connectivity index (χ1v) is 10.2. The molecule has 1 saturated heterocycles. The molecule has 0 unspecified atom stereocenters. The quantitative estimate of drug-likeness (QED) is 0.894. The first kappa shape index (κ1) is 18.0. The van der Waals surface area contributed by atoms with Gasteiger partial charge in [-0.3, -0.25) is 0 Å². The van der Waals surface area contributed by atoms with Crippen LogP contribution in [0.25, 0.3) is 5.78 Å². The van der Waals surface area contributed by atoms with E-state index >= 15 is 0 Å². The number of nitrogens with one attached hydrogen (secondary N) is 1. The van der Waals surface area contributed by atoms with Crippen molar-refractivity contribution in [3.05, 3.63) is 17.6 Å². The van der Waals surface area contributed by atoms with Crippen LogP contribution in [0.4, 0.5) is 10.6 Å². The van der Waals surface area contributed by atoms with Gasteiger partial charge in [-0.2, -0.15) is 14.6 Å². The van der Waals surface area contributed by atoms with Crippen LogP contribution in [0.15, 0.2) is 6.33 Å². The summed E-state index contributed by atoms with van der Waals surface area (Å²) in [5, 5.41) is 7.61. The summed E-state index contributed by atoms with van der Waals surface area (Å²) in [5.74, 6) is 1.71. The van der Waals surface area contributed by atoms with Crippen LogP contribution >= 0.6 is 0 Å². The van der Waals surface area contributed by atoms with Gasteiger partial charge in [0.05, 0.1) is 0 Å². The summed E-state index contributed by atoms with van der Waals surface area (Å²) in [7, 11) is 0. The normalized spacial score (nSPS) is 18.9. The molecule has 1 N–H and O–H groups in total. The highest BCUT2D eigenvalue weighted by Gasteiger charge is 2.27. The van der Waals surface area contributed by atoms with Gasteiger partial charge in [-0.15, -0.1) is 0 Å². The number of amides is 2. The molecule has 2 fully saturated rings. The zero-order chi connectivity index (χ0) is 18.8. The molecule has 3 heterocycles. The molecule has 1 aliphatic heterocycles. The lowest BCUT2D eigenvalue weighted by Gasteiger charge is -2.37. The van der Waals surface area contributed by atoms with E-state index in [2.05, 4.69) is 32.2 Å². The number of nitrogens with zero attached hydrogens (tertiary/aromatic N) is 6. The number of piperazine rings is 1. The van der Waals surface area contributed by atoms with Gasteiger partial charge < -0.3 is 15.1 Å². The molecule has 2 aromatic rings. The molecule has 8 heteroatoms. The predicted molar refractivity (Wildman–Crippen MR) is 104 cm³/mol. The van der Waals surface area contributed by atoms with Crippen molar-refractivity contribution < 1.29 is 4.79 Å². The van der Waals surface area contributed by atoms with Crippen LogP contribution in [0.3, 0.4) is 0 Å². The molecule has 0 atom stereocenters. The maximum atomic E-state index is 12.6. The van der Waals surface area contributed by atoms with E-state index < -0.39 is 0 Å². The van der Waals surface area contributed by atoms with E-state index in [9.17, 15) is 4.79 Å². The molecule has 8 nitrogen and oxygen atoms in total. The van der Waals surface area contributed by atoms with Gasteiger partial charge >= 0.3 is 6.03 Å². The molecule has 2 amide bonds. The summed E-state index contributed by atoms with van der Waals surface area (Å²) in [5.41, 5.74) is 2.21. The molecule has 0 bridgehead atoms. The zero-order valence-corrected chi connectivity index (χ0v) is 16.3. The van der Waals surface area contributed by atoms with E-state index in [1.165, 1.54) is 24.8 Å². The van der Waals surface area contributed by atoms with Crippen LogP contribution in [-0.2, 0) is 6.42 Å². The lowest BCUT2D eigenvalue weighted by molar-refractivity contribution is 0.186. The summed E-state index contributed by atoms with van der Waals surface area (Å²) in [6, 6.07) is 0.447. The standard InChI is InChI=1S/C19H29N7O/c1-3-16-14(2)22-18-20-13-21-26(18)17(16)24-9-11-25(12-10-24)19(27)23-15-7-5-4-6-8-15/h13,15H,3-12H2,1-2H3,(H,23,27). The van der Waals surface area contributed by atoms with E-state index in [1.807, 2.05) is 16.3 Å². The van der Waals surface area contributed by atoms with E-state index in [0.29, 0.717) is 11.8 Å². The average Bonchev–Trinajstić information content (AvgIpc) is 3.15. The van der Waals surface area contributed by atoms with Crippen molar-refractivity contribution >= 4 is 17.6 Å². The summed E-state index contributed by atoms with van der Waals surface area (Å²) in [6.07, 6.45) is 8.44. The Bertz CT molecular complexity index is 804. The summed E-state index contributed by atoms with van der Waals surface area (Å²) < 4.78 is 1.84. The number of rotatable bonds is 3. The number of aromatic nitrogens is 4. The third-order valence-electron chi connectivity index (χ3n) is 5.86. The number of carbonyl (C=O) groups excluding carboxylic acids is 1. The van der Waals surface area contributed by atoms with E-state index in [0.717, 1.165) is 57.0 Å². The number of carbonyl (C=O) groups is 1. The van der Waals surface area contributed by atoms with Gasteiger partial charge in [0.2, 0.25) is 0 Å². The first-order chi connectivity index (χ1) is 13.2. The second-order valence-corrected chi connectivity index (χ2v) is 7.58. The molecule has 1 aliphatic carbocycles. The Kier molecular flexibility index (Phi) is 5.13. The Labute approximate surface area is 160 Å². The lowest BCUT2D eigenvalue weighted by atomic mass is 9.96. The number of anilines is 1. The molecular formula is C19H29N7O. The van der Waals surface area contributed by atoms with E-state index in [4.69, 9.17) is 0 Å². The van der Waals surface area contributed by atoms with Gasteiger partial charge in [-0.1, -0.05) is 26.2 Å². The molecule has 2 aromatic heterocycles. The molecule has 0 spiro atoms. The van der Waals surface area contributed by atoms with Gasteiger partial charge in [0, 0.05) is 43.5 Å². The molecular weight excluding hydrogens is 342 g/mol. The predicted octanol–water partition coefficient (Wildman–Crippen LogP) is 2.16. The largest absolute Gasteiger partial charge is 0.353 e. The Morgan fingerprint density at radius 3 is 2.63 bits per heavy atom. The minimum atomic E-state index is 0.0917. The Morgan fingerprint density at radius 2 is 1.93 bits per heavy atom. The number of fused-ring (bicyclic) bond motifs is 1. The van der Waals surface area contributed by atoms with Crippen molar-refractivity contribution in [2.24, 2.45) is 0 Å². The Balaban J connectivity index is 1.45. The van der Waals surface area contributed by atoms with Crippen LogP contribution in [0, 0.1) is 6.92 Å². The van der Waals surface area contributed by atoms with Crippen LogP contribution in [0.2, 0.25) is 0 Å². The second-order valence-electron chi connectivity index (χ2n) is 7.58. The molecule has 2 aliphatic rings. The van der Waals surface area contributed by atoms with Crippen LogP contribution < -0.4 is 10.2 Å². The van der Waals surface area contributed by atoms with Crippen molar-refractivity contribution in [3.63, 3.8) is 0 Å². The molecule has 27 heavy (non-hydrogen) atoms. The molecule has 1 saturated carbocycles. The highest BCUT2D eigenvalue weighted by molar-refractivity contribution is 5.75. The number of hydrogen-bond acceptors (Lipinski definition) is 5. The third kappa shape index (κ3) is 3.57. The average molecular weight is 371 g/mol. The maximum absolute atomic E-state index is 12.6. The highest BCUT2D eigenvalue weighted by Crippen LogP contribution is 2.25.